The summed E-state index contributed by atoms with van der Waals surface area (Å²) >= 11 is 6.06. The van der Waals surface area contributed by atoms with Gasteiger partial charge in [0, 0.05) is 30.0 Å². The summed E-state index contributed by atoms with van der Waals surface area (Å²) in [5, 5.41) is 3.45. The average molecular weight is 319 g/mol. The van der Waals surface area contributed by atoms with E-state index in [0.717, 1.165) is 18.7 Å². The van der Waals surface area contributed by atoms with E-state index >= 15 is 0 Å². The number of hydrogen-bond acceptors (Lipinski definition) is 4. The van der Waals surface area contributed by atoms with Crippen molar-refractivity contribution in [3.05, 3.63) is 46.7 Å². The quantitative estimate of drug-likeness (QED) is 0.916. The Morgan fingerprint density at radius 1 is 1.27 bits per heavy atom. The fourth-order valence-electron chi connectivity index (χ4n) is 2.06. The summed E-state index contributed by atoms with van der Waals surface area (Å²) in [6.07, 6.45) is 1.60. The van der Waals surface area contributed by atoms with Crippen LogP contribution in [0.4, 0.5) is 11.6 Å². The molecule has 116 valence electrons. The van der Waals surface area contributed by atoms with E-state index < -0.39 is 0 Å². The molecular formula is C16H19ClN4O. The fraction of sp³-hybridized carbons (Fsp3) is 0.312. The summed E-state index contributed by atoms with van der Waals surface area (Å²) in [5.41, 5.74) is 1.84. The molecule has 6 heteroatoms. The molecule has 0 bridgehead atoms. The summed E-state index contributed by atoms with van der Waals surface area (Å²) in [6.45, 7) is 7.48. The van der Waals surface area contributed by atoms with Gasteiger partial charge in [-0.3, -0.25) is 4.79 Å². The highest BCUT2D eigenvalue weighted by Crippen LogP contribution is 2.23. The van der Waals surface area contributed by atoms with Crippen molar-refractivity contribution in [1.82, 2.24) is 9.97 Å². The van der Waals surface area contributed by atoms with Crippen LogP contribution >= 0.6 is 11.6 Å². The van der Waals surface area contributed by atoms with Crippen LogP contribution < -0.4 is 10.2 Å². The van der Waals surface area contributed by atoms with Crippen molar-refractivity contribution in [2.24, 2.45) is 0 Å². The van der Waals surface area contributed by atoms with Crippen LogP contribution in [0.5, 0.6) is 0 Å². The van der Waals surface area contributed by atoms with E-state index in [1.54, 1.807) is 24.4 Å². The third-order valence-electron chi connectivity index (χ3n) is 3.44. The Labute approximate surface area is 135 Å². The van der Waals surface area contributed by atoms with E-state index in [2.05, 4.69) is 15.3 Å². The predicted molar refractivity (Wildman–Crippen MR) is 89.7 cm³/mol. The van der Waals surface area contributed by atoms with Gasteiger partial charge >= 0.3 is 0 Å². The molecule has 0 radical (unpaired) electrons. The van der Waals surface area contributed by atoms with E-state index in [1.807, 2.05) is 31.7 Å². The van der Waals surface area contributed by atoms with Crippen LogP contribution in [-0.4, -0.2) is 29.0 Å². The van der Waals surface area contributed by atoms with E-state index in [0.29, 0.717) is 22.4 Å². The maximum absolute atomic E-state index is 12.4. The van der Waals surface area contributed by atoms with Gasteiger partial charge in [0.25, 0.3) is 5.91 Å². The molecule has 0 unspecified atom stereocenters. The zero-order valence-corrected chi connectivity index (χ0v) is 13.7. The van der Waals surface area contributed by atoms with E-state index in [1.165, 1.54) is 0 Å². The van der Waals surface area contributed by atoms with Crippen molar-refractivity contribution in [2.75, 3.05) is 23.3 Å². The van der Waals surface area contributed by atoms with Crippen LogP contribution in [0.25, 0.3) is 0 Å². The molecule has 0 atom stereocenters. The minimum atomic E-state index is -0.277. The Kier molecular flexibility index (Phi) is 5.33. The van der Waals surface area contributed by atoms with Crippen molar-refractivity contribution >= 4 is 29.1 Å². The molecule has 0 saturated heterocycles. The van der Waals surface area contributed by atoms with Gasteiger partial charge < -0.3 is 10.2 Å². The van der Waals surface area contributed by atoms with Crippen LogP contribution in [0, 0.1) is 6.92 Å². The van der Waals surface area contributed by atoms with Crippen molar-refractivity contribution in [1.29, 1.82) is 0 Å². The van der Waals surface area contributed by atoms with Crippen LogP contribution in [0.2, 0.25) is 5.02 Å². The van der Waals surface area contributed by atoms with Crippen LogP contribution in [0.15, 0.2) is 30.5 Å². The normalized spacial score (nSPS) is 10.4. The summed E-state index contributed by atoms with van der Waals surface area (Å²) in [4.78, 5) is 22.9. The van der Waals surface area contributed by atoms with Crippen LogP contribution in [0.1, 0.15) is 29.9 Å². The molecule has 0 aliphatic rings. The first-order valence-electron chi connectivity index (χ1n) is 7.21. The van der Waals surface area contributed by atoms with E-state index in [4.69, 9.17) is 11.6 Å². The van der Waals surface area contributed by atoms with Gasteiger partial charge in [-0.05, 0) is 44.5 Å². The first kappa shape index (κ1) is 16.2. The minimum Gasteiger partial charge on any atom is -0.341 e. The Bertz CT molecular complexity index is 671. The molecule has 1 heterocycles. The van der Waals surface area contributed by atoms with Gasteiger partial charge in [-0.1, -0.05) is 17.7 Å². The largest absolute Gasteiger partial charge is 0.341 e. The van der Waals surface area contributed by atoms with Gasteiger partial charge in [0.1, 0.15) is 5.69 Å². The monoisotopic (exact) mass is 318 g/mol. The van der Waals surface area contributed by atoms with Gasteiger partial charge in [-0.2, -0.15) is 0 Å². The Balaban J connectivity index is 2.23. The molecule has 1 N–H and O–H groups in total. The molecule has 0 aliphatic heterocycles. The van der Waals surface area contributed by atoms with Gasteiger partial charge in [0.05, 0.1) is 0 Å². The number of benzene rings is 1. The van der Waals surface area contributed by atoms with E-state index in [-0.39, 0.29) is 5.91 Å². The summed E-state index contributed by atoms with van der Waals surface area (Å²) in [7, 11) is 0. The maximum atomic E-state index is 12.4. The molecule has 1 aromatic carbocycles. The lowest BCUT2D eigenvalue weighted by atomic mass is 10.2. The summed E-state index contributed by atoms with van der Waals surface area (Å²) < 4.78 is 0. The molecule has 22 heavy (non-hydrogen) atoms. The molecule has 5 nitrogen and oxygen atoms in total. The van der Waals surface area contributed by atoms with Gasteiger partial charge in [-0.15, -0.1) is 0 Å². The van der Waals surface area contributed by atoms with Crippen molar-refractivity contribution in [2.45, 2.75) is 20.8 Å². The number of anilines is 2. The lowest BCUT2D eigenvalue weighted by Crippen LogP contribution is -2.25. The molecule has 0 aliphatic carbocycles. The molecular weight excluding hydrogens is 300 g/mol. The SMILES string of the molecule is CCN(CC)c1nccc(C(=O)Nc2cccc(Cl)c2C)n1. The second-order valence-electron chi connectivity index (χ2n) is 4.78. The number of rotatable bonds is 5. The van der Waals surface area contributed by atoms with Crippen molar-refractivity contribution < 1.29 is 4.79 Å². The average Bonchev–Trinajstić information content (AvgIpc) is 2.53. The predicted octanol–water partition coefficient (Wildman–Crippen LogP) is 3.54. The lowest BCUT2D eigenvalue weighted by Gasteiger charge is -2.18. The number of carbonyl (C=O) groups is 1. The highest BCUT2D eigenvalue weighted by molar-refractivity contribution is 6.31. The molecule has 0 saturated carbocycles. The molecule has 0 spiro atoms. The van der Waals surface area contributed by atoms with Gasteiger partial charge in [-0.25, -0.2) is 9.97 Å². The Hall–Kier alpha value is -2.14. The lowest BCUT2D eigenvalue weighted by molar-refractivity contribution is 0.102. The first-order valence-corrected chi connectivity index (χ1v) is 7.59. The zero-order chi connectivity index (χ0) is 16.1. The van der Waals surface area contributed by atoms with Gasteiger partial charge in [0.15, 0.2) is 0 Å². The number of aromatic nitrogens is 2. The molecule has 0 fully saturated rings. The highest BCUT2D eigenvalue weighted by atomic mass is 35.5. The third-order valence-corrected chi connectivity index (χ3v) is 3.85. The smallest absolute Gasteiger partial charge is 0.274 e. The topological polar surface area (TPSA) is 58.1 Å². The number of nitrogens with zero attached hydrogens (tertiary/aromatic N) is 3. The third kappa shape index (κ3) is 3.54. The number of amides is 1. The summed E-state index contributed by atoms with van der Waals surface area (Å²) in [5.74, 6) is 0.279. The molecule has 2 rings (SSSR count). The molecule has 2 aromatic rings. The molecule has 1 amide bonds. The molecule has 1 aromatic heterocycles. The second-order valence-corrected chi connectivity index (χ2v) is 5.19. The van der Waals surface area contributed by atoms with E-state index in [9.17, 15) is 4.79 Å². The Morgan fingerprint density at radius 3 is 2.68 bits per heavy atom. The highest BCUT2D eigenvalue weighted by Gasteiger charge is 2.13. The van der Waals surface area contributed by atoms with Crippen molar-refractivity contribution in [3.8, 4) is 0 Å². The van der Waals surface area contributed by atoms with Crippen molar-refractivity contribution in [3.63, 3.8) is 0 Å². The second kappa shape index (κ2) is 7.22. The zero-order valence-electron chi connectivity index (χ0n) is 12.9. The fourth-order valence-corrected chi connectivity index (χ4v) is 2.24. The Morgan fingerprint density at radius 2 is 2.00 bits per heavy atom. The number of nitrogens with one attached hydrogen (secondary N) is 1. The van der Waals surface area contributed by atoms with Crippen LogP contribution in [0.3, 0.4) is 0 Å². The number of halogens is 1. The van der Waals surface area contributed by atoms with Crippen LogP contribution in [-0.2, 0) is 0 Å². The minimum absolute atomic E-state index is 0.277. The first-order chi connectivity index (χ1) is 10.6. The maximum Gasteiger partial charge on any atom is 0.274 e. The van der Waals surface area contributed by atoms with Gasteiger partial charge in [0.2, 0.25) is 5.95 Å². The summed E-state index contributed by atoms with van der Waals surface area (Å²) in [6, 6.07) is 7.00. The number of carbonyl (C=O) groups excluding carboxylic acids is 1. The standard InChI is InChI=1S/C16H19ClN4O/c1-4-21(5-2)16-18-10-9-14(20-16)15(22)19-13-8-6-7-12(17)11(13)3/h6-10H,4-5H2,1-3H3,(H,19,22). The number of hydrogen-bond donors (Lipinski definition) is 1.